The molecule has 0 spiro atoms. The second-order valence-electron chi connectivity index (χ2n) is 13.2. The summed E-state index contributed by atoms with van der Waals surface area (Å²) < 4.78 is 239. The SMILES string of the molecule is [2H]c1c([2H])c([2H])c(-c2cccc(-c3ccc(-n4c5c([2H])c([2H])c([2H])c([2H])c5c5c([2H])c(-c6c([2H])c([2H])c([2H])c([2H])c6[2H])c([2H])c([2H])c54)c(-c4nc(-c5cccc(-c6c([2H])c([2H])c([2H])c([2H])c6[2H])c5)nc(-c5c([2H])c([2H])c([2H])c([2H])c5[2H])n4)c3)c2)c([2H])c1[2H]. The second kappa shape index (κ2) is 15.5. The first-order valence-corrected chi connectivity index (χ1v) is 18.4. The monoisotopic (exact) mass is 805 g/mol. The molecule has 0 fully saturated rings. The summed E-state index contributed by atoms with van der Waals surface area (Å²) in [6, 6.07) is -3.56. The van der Waals surface area contributed by atoms with Crippen LogP contribution in [-0.2, 0) is 0 Å². The molecule has 61 heavy (non-hydrogen) atoms. The van der Waals surface area contributed by atoms with Crippen molar-refractivity contribution >= 4 is 21.8 Å². The maximum absolute atomic E-state index is 9.82. The van der Waals surface area contributed by atoms with Crippen LogP contribution in [0.15, 0.2) is 230 Å². The highest BCUT2D eigenvalue weighted by molar-refractivity contribution is 6.11. The average molecular weight is 806 g/mol. The molecule has 0 N–H and O–H groups in total. The van der Waals surface area contributed by atoms with Crippen LogP contribution >= 0.6 is 0 Å². The summed E-state index contributed by atoms with van der Waals surface area (Å²) in [5.74, 6) is -1.36. The first-order valence-electron chi connectivity index (χ1n) is 31.9. The van der Waals surface area contributed by atoms with Gasteiger partial charge in [0.15, 0.2) is 17.5 Å². The Labute approximate surface area is 392 Å². The molecule has 0 bridgehead atoms. The standard InChI is InChI=1S/C57H38N4/c1-5-17-39(18-6-1)43-25-15-27-45(35-43)47-32-34-54(61-52-30-14-13-29-49(52)50-37-46(31-33-53(50)61)41-21-9-3-10-22-41)51(38-47)57-59-55(42-23-11-4-12-24-42)58-56(60-57)48-28-16-26-44(36-48)40-19-7-2-8-20-40/h1-38H/i1D,2D,3D,4D,5D,6D,7D,8D,9D,10D,11D,12D,13D,14D,17D,18D,19D,20D,21D,22D,23D,24D,29D,30D,31D,33D,37D. The molecule has 9 aromatic carbocycles. The van der Waals surface area contributed by atoms with Crippen molar-refractivity contribution in [1.82, 2.24) is 19.5 Å². The Kier molecular flexibility index (Phi) is 4.47. The lowest BCUT2D eigenvalue weighted by atomic mass is 9.97. The molecule has 11 aromatic rings. The van der Waals surface area contributed by atoms with E-state index < -0.39 is 213 Å². The Morgan fingerprint density at radius 1 is 0.328 bits per heavy atom. The summed E-state index contributed by atoms with van der Waals surface area (Å²) in [5, 5.41) is -0.859. The van der Waals surface area contributed by atoms with Crippen LogP contribution in [0.2, 0.25) is 0 Å². The van der Waals surface area contributed by atoms with Crippen LogP contribution in [0.3, 0.4) is 0 Å². The van der Waals surface area contributed by atoms with E-state index in [1.807, 2.05) is 0 Å². The third kappa shape index (κ3) is 6.86. The van der Waals surface area contributed by atoms with Crippen molar-refractivity contribution in [3.8, 4) is 84.4 Å². The summed E-state index contributed by atoms with van der Waals surface area (Å²) in [6.07, 6.45) is 0. The summed E-state index contributed by atoms with van der Waals surface area (Å²) in [6.45, 7) is 0. The molecular weight excluding hydrogens is 741 g/mol. The maximum atomic E-state index is 9.82. The van der Waals surface area contributed by atoms with Crippen molar-refractivity contribution in [1.29, 1.82) is 0 Å². The van der Waals surface area contributed by atoms with E-state index in [1.165, 1.54) is 60.7 Å². The van der Waals surface area contributed by atoms with Gasteiger partial charge in [-0.1, -0.05) is 187 Å². The van der Waals surface area contributed by atoms with Gasteiger partial charge in [-0.05, 0) is 86.9 Å². The Bertz CT molecular complexity index is 4850. The van der Waals surface area contributed by atoms with Crippen molar-refractivity contribution in [2.75, 3.05) is 0 Å². The summed E-state index contributed by atoms with van der Waals surface area (Å²) in [4.78, 5) is 14.3. The van der Waals surface area contributed by atoms with Crippen LogP contribution in [0, 0.1) is 0 Å². The first kappa shape index (κ1) is 17.6. The van der Waals surface area contributed by atoms with E-state index in [4.69, 9.17) is 40.1 Å². The van der Waals surface area contributed by atoms with Gasteiger partial charge in [0.1, 0.15) is 0 Å². The number of aromatic nitrogens is 4. The van der Waals surface area contributed by atoms with E-state index in [2.05, 4.69) is 4.98 Å². The van der Waals surface area contributed by atoms with Gasteiger partial charge in [0.25, 0.3) is 0 Å². The van der Waals surface area contributed by atoms with Gasteiger partial charge >= 0.3 is 0 Å². The van der Waals surface area contributed by atoms with Crippen LogP contribution in [0.4, 0.5) is 0 Å². The molecule has 0 aliphatic rings. The fraction of sp³-hybridized carbons (Fsp3) is 0. The highest BCUT2D eigenvalue weighted by atomic mass is 15.1. The number of fused-ring (bicyclic) bond motifs is 3. The van der Waals surface area contributed by atoms with E-state index in [1.54, 1.807) is 6.07 Å². The molecule has 286 valence electrons. The quantitative estimate of drug-likeness (QED) is 0.154. The fourth-order valence-electron chi connectivity index (χ4n) is 6.90. The zero-order valence-electron chi connectivity index (χ0n) is 58.1. The van der Waals surface area contributed by atoms with Gasteiger partial charge in [-0.15, -0.1) is 0 Å². The fourth-order valence-corrected chi connectivity index (χ4v) is 6.90. The predicted octanol–water partition coefficient (Wildman–Crippen LogP) is 14.6. The minimum atomic E-state index is -0.872. The van der Waals surface area contributed by atoms with Crippen molar-refractivity contribution in [2.45, 2.75) is 0 Å². The zero-order valence-corrected chi connectivity index (χ0v) is 31.1. The minimum Gasteiger partial charge on any atom is -0.309 e. The van der Waals surface area contributed by atoms with E-state index in [-0.39, 0.29) is 50.5 Å². The topological polar surface area (TPSA) is 43.6 Å². The van der Waals surface area contributed by atoms with Gasteiger partial charge in [-0.3, -0.25) is 0 Å². The van der Waals surface area contributed by atoms with Crippen LogP contribution in [-0.4, -0.2) is 19.5 Å². The van der Waals surface area contributed by atoms with Crippen LogP contribution in [0.1, 0.15) is 37.0 Å². The highest BCUT2D eigenvalue weighted by Gasteiger charge is 2.21. The van der Waals surface area contributed by atoms with Gasteiger partial charge in [0.05, 0.1) is 53.7 Å². The molecule has 0 saturated heterocycles. The first-order chi connectivity index (χ1) is 41.4. The van der Waals surface area contributed by atoms with E-state index in [9.17, 15) is 6.85 Å². The molecular formula is C57H38N4. The van der Waals surface area contributed by atoms with Gasteiger partial charge in [0, 0.05) is 27.5 Å². The molecule has 2 aromatic heterocycles. The van der Waals surface area contributed by atoms with Crippen molar-refractivity contribution in [3.05, 3.63) is 230 Å². The third-order valence-electron chi connectivity index (χ3n) is 9.64. The van der Waals surface area contributed by atoms with Crippen molar-refractivity contribution in [2.24, 2.45) is 0 Å². The lowest BCUT2D eigenvalue weighted by Crippen LogP contribution is -2.04. The Morgan fingerprint density at radius 3 is 1.43 bits per heavy atom. The molecule has 4 nitrogen and oxygen atoms in total. The van der Waals surface area contributed by atoms with Crippen LogP contribution < -0.4 is 0 Å². The molecule has 0 radical (unpaired) electrons. The molecule has 4 heteroatoms. The molecule has 0 atom stereocenters. The molecule has 2 heterocycles. The Morgan fingerprint density at radius 2 is 0.787 bits per heavy atom. The molecule has 11 rings (SSSR count). The average Bonchev–Trinajstić information content (AvgIpc) is 1.54. The van der Waals surface area contributed by atoms with Crippen LogP contribution in [0.5, 0.6) is 0 Å². The highest BCUT2D eigenvalue weighted by Crippen LogP contribution is 2.40. The summed E-state index contributed by atoms with van der Waals surface area (Å²) >= 11 is 0. The van der Waals surface area contributed by atoms with Gasteiger partial charge < -0.3 is 4.57 Å². The van der Waals surface area contributed by atoms with E-state index in [0.29, 0.717) is 5.56 Å². The number of hydrogen-bond acceptors (Lipinski definition) is 3. The lowest BCUT2D eigenvalue weighted by Gasteiger charge is -2.17. The third-order valence-corrected chi connectivity index (χ3v) is 9.64. The largest absolute Gasteiger partial charge is 0.309 e. The zero-order chi connectivity index (χ0) is 64.0. The Balaban J connectivity index is 1.31. The van der Waals surface area contributed by atoms with E-state index in [0.717, 1.165) is 4.57 Å². The van der Waals surface area contributed by atoms with Gasteiger partial charge in [-0.25, -0.2) is 15.0 Å². The molecule has 0 aliphatic carbocycles. The van der Waals surface area contributed by atoms with Gasteiger partial charge in [-0.2, -0.15) is 0 Å². The van der Waals surface area contributed by atoms with Crippen molar-refractivity contribution in [3.63, 3.8) is 0 Å². The molecule has 0 aliphatic heterocycles. The Hall–Kier alpha value is -8.21. The van der Waals surface area contributed by atoms with Gasteiger partial charge in [0.2, 0.25) is 0 Å². The number of para-hydroxylation sites is 1. The number of benzene rings is 9. The molecule has 0 amide bonds. The second-order valence-corrected chi connectivity index (χ2v) is 13.2. The predicted molar refractivity (Wildman–Crippen MR) is 252 cm³/mol. The minimum absolute atomic E-state index is 0.0305. The van der Waals surface area contributed by atoms with Crippen LogP contribution in [0.25, 0.3) is 106 Å². The van der Waals surface area contributed by atoms with Crippen molar-refractivity contribution < 1.29 is 37.0 Å². The lowest BCUT2D eigenvalue weighted by molar-refractivity contribution is 1.06. The number of nitrogens with zero attached hydrogens (tertiary/aromatic N) is 4. The smallest absolute Gasteiger partial charge is 0.166 e. The number of rotatable bonds is 8. The summed E-state index contributed by atoms with van der Waals surface area (Å²) in [5.41, 5.74) is -2.75. The number of hydrogen-bond donors (Lipinski definition) is 0. The molecule has 0 saturated carbocycles. The summed E-state index contributed by atoms with van der Waals surface area (Å²) in [7, 11) is 0. The van der Waals surface area contributed by atoms with E-state index >= 15 is 0 Å². The molecule has 0 unspecified atom stereocenters. The normalized spacial score (nSPS) is 17.5. The maximum Gasteiger partial charge on any atom is 0.166 e.